The van der Waals surface area contributed by atoms with Gasteiger partial charge < -0.3 is 4.74 Å². The highest BCUT2D eigenvalue weighted by Crippen LogP contribution is 2.38. The van der Waals surface area contributed by atoms with Crippen LogP contribution in [0.5, 0.6) is 0 Å². The number of rotatable bonds is 2. The Hall–Kier alpha value is -1.55. The average Bonchev–Trinajstić information content (AvgIpc) is 2.26. The quantitative estimate of drug-likeness (QED) is 0.783. The van der Waals surface area contributed by atoms with Crippen LogP contribution in [0.25, 0.3) is 0 Å². The standard InChI is InChI=1S/C11H7BrF3NO2/c1-2-18-10(17)6-3-4-8(12)9(7(6)5-16)11(13,14)15/h3-4H,2H2,1H3. The van der Waals surface area contributed by atoms with Gasteiger partial charge in [0.15, 0.2) is 0 Å². The molecular formula is C11H7BrF3NO2. The van der Waals surface area contributed by atoms with Crippen molar-refractivity contribution in [3.63, 3.8) is 0 Å². The SMILES string of the molecule is CCOC(=O)c1ccc(Br)c(C(F)(F)F)c1C#N. The summed E-state index contributed by atoms with van der Waals surface area (Å²) in [5.41, 5.74) is -2.30. The summed E-state index contributed by atoms with van der Waals surface area (Å²) in [6.45, 7) is 1.54. The number of nitrogens with zero attached hydrogens (tertiary/aromatic N) is 1. The molecule has 0 saturated carbocycles. The Labute approximate surface area is 109 Å². The Kier molecular flexibility index (Phi) is 4.35. The van der Waals surface area contributed by atoms with E-state index in [-0.39, 0.29) is 11.1 Å². The van der Waals surface area contributed by atoms with Crippen molar-refractivity contribution in [1.29, 1.82) is 5.26 Å². The molecule has 3 nitrogen and oxygen atoms in total. The Morgan fingerprint density at radius 3 is 2.56 bits per heavy atom. The van der Waals surface area contributed by atoms with Gasteiger partial charge in [-0.05, 0) is 19.1 Å². The van der Waals surface area contributed by atoms with Crippen LogP contribution in [0, 0.1) is 11.3 Å². The fourth-order valence-corrected chi connectivity index (χ4v) is 1.90. The smallest absolute Gasteiger partial charge is 0.418 e. The van der Waals surface area contributed by atoms with Crippen LogP contribution in [0.2, 0.25) is 0 Å². The minimum atomic E-state index is -4.73. The first-order valence-corrected chi connectivity index (χ1v) is 5.59. The molecule has 0 spiro atoms. The normalized spacial score (nSPS) is 10.9. The highest BCUT2D eigenvalue weighted by molar-refractivity contribution is 9.10. The lowest BCUT2D eigenvalue weighted by molar-refractivity contribution is -0.138. The highest BCUT2D eigenvalue weighted by atomic mass is 79.9. The molecule has 0 aliphatic carbocycles. The molecule has 0 amide bonds. The number of hydrogen-bond donors (Lipinski definition) is 0. The van der Waals surface area contributed by atoms with E-state index in [0.29, 0.717) is 0 Å². The second-order valence-electron chi connectivity index (χ2n) is 3.17. The third-order valence-corrected chi connectivity index (χ3v) is 2.71. The van der Waals surface area contributed by atoms with Gasteiger partial charge in [0.1, 0.15) is 6.07 Å². The first-order chi connectivity index (χ1) is 8.32. The number of alkyl halides is 3. The highest BCUT2D eigenvalue weighted by Gasteiger charge is 2.38. The second-order valence-corrected chi connectivity index (χ2v) is 4.03. The van der Waals surface area contributed by atoms with Crippen LogP contribution in [-0.2, 0) is 10.9 Å². The molecule has 0 bridgehead atoms. The molecule has 7 heteroatoms. The molecular weight excluding hydrogens is 315 g/mol. The van der Waals surface area contributed by atoms with E-state index in [0.717, 1.165) is 12.1 Å². The number of carbonyl (C=O) groups excluding carboxylic acids is 1. The summed E-state index contributed by atoms with van der Waals surface area (Å²) in [6.07, 6.45) is -4.73. The number of ether oxygens (including phenoxy) is 1. The van der Waals surface area contributed by atoms with E-state index in [4.69, 9.17) is 5.26 Å². The monoisotopic (exact) mass is 321 g/mol. The van der Waals surface area contributed by atoms with E-state index in [2.05, 4.69) is 20.7 Å². The molecule has 0 saturated heterocycles. The zero-order chi connectivity index (χ0) is 13.9. The summed E-state index contributed by atoms with van der Waals surface area (Å²) in [4.78, 5) is 11.5. The Morgan fingerprint density at radius 1 is 1.50 bits per heavy atom. The van der Waals surface area contributed by atoms with E-state index in [1.54, 1.807) is 0 Å². The molecule has 0 aliphatic heterocycles. The third-order valence-electron chi connectivity index (χ3n) is 2.05. The van der Waals surface area contributed by atoms with Crippen LogP contribution >= 0.6 is 15.9 Å². The van der Waals surface area contributed by atoms with Crippen molar-refractivity contribution < 1.29 is 22.7 Å². The van der Waals surface area contributed by atoms with Gasteiger partial charge in [0, 0.05) is 4.47 Å². The number of halogens is 4. The predicted octanol–water partition coefficient (Wildman–Crippen LogP) is 3.52. The van der Waals surface area contributed by atoms with Gasteiger partial charge in [-0.3, -0.25) is 0 Å². The molecule has 0 fully saturated rings. The van der Waals surface area contributed by atoms with E-state index < -0.39 is 28.8 Å². The van der Waals surface area contributed by atoms with Crippen LogP contribution in [0.4, 0.5) is 13.2 Å². The molecule has 1 aromatic carbocycles. The molecule has 96 valence electrons. The predicted molar refractivity (Wildman–Crippen MR) is 59.8 cm³/mol. The molecule has 18 heavy (non-hydrogen) atoms. The summed E-state index contributed by atoms with van der Waals surface area (Å²) in [6, 6.07) is 3.59. The first kappa shape index (κ1) is 14.5. The van der Waals surface area contributed by atoms with Crippen molar-refractivity contribution in [2.24, 2.45) is 0 Å². The molecule has 0 atom stereocenters. The van der Waals surface area contributed by atoms with E-state index >= 15 is 0 Å². The topological polar surface area (TPSA) is 50.1 Å². The number of hydrogen-bond acceptors (Lipinski definition) is 3. The number of carbonyl (C=O) groups is 1. The summed E-state index contributed by atoms with van der Waals surface area (Å²) in [5.74, 6) is -0.952. The van der Waals surface area contributed by atoms with Crippen LogP contribution < -0.4 is 0 Å². The van der Waals surface area contributed by atoms with Crippen LogP contribution in [0.3, 0.4) is 0 Å². The van der Waals surface area contributed by atoms with E-state index in [1.165, 1.54) is 13.0 Å². The summed E-state index contributed by atoms with van der Waals surface area (Å²) < 4.78 is 42.7. The van der Waals surface area contributed by atoms with Crippen LogP contribution in [0.1, 0.15) is 28.4 Å². The summed E-state index contributed by atoms with van der Waals surface area (Å²) >= 11 is 2.72. The zero-order valence-electron chi connectivity index (χ0n) is 9.14. The van der Waals surface area contributed by atoms with Crippen molar-refractivity contribution >= 4 is 21.9 Å². The second kappa shape index (κ2) is 5.40. The number of nitriles is 1. The van der Waals surface area contributed by atoms with Crippen molar-refractivity contribution in [2.75, 3.05) is 6.61 Å². The maximum atomic E-state index is 12.8. The van der Waals surface area contributed by atoms with Gasteiger partial charge in [0.25, 0.3) is 0 Å². The lowest BCUT2D eigenvalue weighted by Gasteiger charge is -2.13. The summed E-state index contributed by atoms with van der Waals surface area (Å²) in [5, 5.41) is 8.83. The van der Waals surface area contributed by atoms with Gasteiger partial charge in [0.05, 0.1) is 23.3 Å². The van der Waals surface area contributed by atoms with Crippen molar-refractivity contribution in [1.82, 2.24) is 0 Å². The maximum Gasteiger partial charge on any atom is 0.418 e. The molecule has 0 aromatic heterocycles. The third kappa shape index (κ3) is 2.82. The fraction of sp³-hybridized carbons (Fsp3) is 0.273. The minimum Gasteiger partial charge on any atom is -0.462 e. The number of benzene rings is 1. The van der Waals surface area contributed by atoms with Crippen molar-refractivity contribution in [2.45, 2.75) is 13.1 Å². The Morgan fingerprint density at radius 2 is 2.11 bits per heavy atom. The fourth-order valence-electron chi connectivity index (χ4n) is 1.35. The molecule has 0 heterocycles. The summed E-state index contributed by atoms with van der Waals surface area (Å²) in [7, 11) is 0. The largest absolute Gasteiger partial charge is 0.462 e. The number of esters is 1. The lowest BCUT2D eigenvalue weighted by Crippen LogP contribution is -2.14. The molecule has 0 N–H and O–H groups in total. The van der Waals surface area contributed by atoms with Crippen LogP contribution in [0.15, 0.2) is 16.6 Å². The van der Waals surface area contributed by atoms with Crippen molar-refractivity contribution in [3.05, 3.63) is 33.3 Å². The van der Waals surface area contributed by atoms with E-state index in [9.17, 15) is 18.0 Å². The van der Waals surface area contributed by atoms with Gasteiger partial charge in [-0.25, -0.2) is 4.79 Å². The molecule has 1 aromatic rings. The molecule has 0 unspecified atom stereocenters. The van der Waals surface area contributed by atoms with Gasteiger partial charge in [-0.15, -0.1) is 0 Å². The molecule has 0 aliphatic rings. The molecule has 1 rings (SSSR count). The van der Waals surface area contributed by atoms with Crippen molar-refractivity contribution in [3.8, 4) is 6.07 Å². The Balaban J connectivity index is 3.50. The molecule has 0 radical (unpaired) electrons. The lowest BCUT2D eigenvalue weighted by atomic mass is 10.0. The first-order valence-electron chi connectivity index (χ1n) is 4.79. The zero-order valence-corrected chi connectivity index (χ0v) is 10.7. The van der Waals surface area contributed by atoms with E-state index in [1.807, 2.05) is 0 Å². The van der Waals surface area contributed by atoms with Crippen LogP contribution in [-0.4, -0.2) is 12.6 Å². The maximum absolute atomic E-state index is 12.8. The van der Waals surface area contributed by atoms with Gasteiger partial charge in [0.2, 0.25) is 0 Å². The van der Waals surface area contributed by atoms with Gasteiger partial charge in [-0.2, -0.15) is 18.4 Å². The van der Waals surface area contributed by atoms with Gasteiger partial charge in [-0.1, -0.05) is 15.9 Å². The average molecular weight is 322 g/mol. The Bertz CT molecular complexity index is 520. The van der Waals surface area contributed by atoms with Gasteiger partial charge >= 0.3 is 12.1 Å². The minimum absolute atomic E-state index is 0.0150.